The highest BCUT2D eigenvalue weighted by Gasteiger charge is 2.36. The smallest absolute Gasteiger partial charge is 0.408 e. The molecule has 0 aliphatic carbocycles. The van der Waals surface area contributed by atoms with Crippen molar-refractivity contribution in [2.75, 3.05) is 7.11 Å². The van der Waals surface area contributed by atoms with Gasteiger partial charge >= 0.3 is 6.09 Å². The van der Waals surface area contributed by atoms with Gasteiger partial charge in [-0.05, 0) is 45.7 Å². The van der Waals surface area contributed by atoms with Crippen LogP contribution in [0.1, 0.15) is 78.2 Å². The van der Waals surface area contributed by atoms with Gasteiger partial charge < -0.3 is 14.3 Å². The Balaban J connectivity index is 1.91. The molecule has 0 radical (unpaired) electrons. The summed E-state index contributed by atoms with van der Waals surface area (Å²) in [5, 5.41) is 11.0. The molecule has 1 aromatic carbocycles. The van der Waals surface area contributed by atoms with Crippen LogP contribution in [0.2, 0.25) is 0 Å². The molecule has 0 aliphatic heterocycles. The summed E-state index contributed by atoms with van der Waals surface area (Å²) in [5.74, 6) is 1.46. The molecule has 0 spiro atoms. The van der Waals surface area contributed by atoms with Crippen molar-refractivity contribution in [3.05, 3.63) is 42.4 Å². The minimum absolute atomic E-state index is 0.249. The normalized spacial score (nSPS) is 12.5. The number of carbonyl (C=O) groups excluding carboxylic acids is 1. The van der Waals surface area contributed by atoms with Crippen LogP contribution < -0.4 is 4.74 Å². The van der Waals surface area contributed by atoms with Gasteiger partial charge in [0.05, 0.1) is 24.4 Å². The first kappa shape index (κ1) is 26.2. The Hall–Kier alpha value is -3.42. The molecule has 0 saturated heterocycles. The number of benzene rings is 1. The fraction of sp³-hybridized carbons (Fsp3) is 0.481. The van der Waals surface area contributed by atoms with E-state index in [0.717, 1.165) is 30.2 Å². The molecule has 8 nitrogen and oxygen atoms in total. The number of hydrogen-bond donors (Lipinski definition) is 1. The molecule has 188 valence electrons. The number of Topliss-reactive ketones (excluding diaryl/α,β-unsaturated/α-hetero) is 1. The van der Waals surface area contributed by atoms with Gasteiger partial charge in [0.1, 0.15) is 11.8 Å². The molecular formula is C27H35N3O5. The molecule has 1 amide bonds. The lowest BCUT2D eigenvalue weighted by Crippen LogP contribution is -2.47. The predicted molar refractivity (Wildman–Crippen MR) is 135 cm³/mol. The van der Waals surface area contributed by atoms with Crippen molar-refractivity contribution in [2.45, 2.75) is 77.8 Å². The van der Waals surface area contributed by atoms with E-state index in [4.69, 9.17) is 9.15 Å². The summed E-state index contributed by atoms with van der Waals surface area (Å²) in [6.45, 7) is 7.43. The molecule has 2 heterocycles. The lowest BCUT2D eigenvalue weighted by Gasteiger charge is -2.38. The standard InChI is InChI=1S/C27H35N3O5/c1-6-19(31)13-8-7-9-15-22(30(26(32)33)27(2,3)4)25-28-17-23(35-25)20-16-18-12-10-11-14-21(18)29-24(20)34-5/h10-12,14,16-17,22H,6-9,13,15H2,1-5H3,(H,32,33). The molecule has 0 saturated carbocycles. The molecule has 1 unspecified atom stereocenters. The van der Waals surface area contributed by atoms with Crippen LogP contribution >= 0.6 is 0 Å². The minimum Gasteiger partial charge on any atom is -0.480 e. The van der Waals surface area contributed by atoms with Crippen molar-refractivity contribution in [2.24, 2.45) is 0 Å². The van der Waals surface area contributed by atoms with Gasteiger partial charge in [0, 0.05) is 23.8 Å². The van der Waals surface area contributed by atoms with Gasteiger partial charge in [-0.2, -0.15) is 0 Å². The Morgan fingerprint density at radius 2 is 1.91 bits per heavy atom. The van der Waals surface area contributed by atoms with Gasteiger partial charge in [0.25, 0.3) is 0 Å². The third-order valence-electron chi connectivity index (χ3n) is 6.02. The molecule has 0 fully saturated rings. The van der Waals surface area contributed by atoms with Gasteiger partial charge in [-0.3, -0.25) is 9.69 Å². The van der Waals surface area contributed by atoms with E-state index in [-0.39, 0.29) is 5.78 Å². The molecule has 35 heavy (non-hydrogen) atoms. The number of ketones is 1. The number of methoxy groups -OCH3 is 1. The number of aromatic nitrogens is 2. The summed E-state index contributed by atoms with van der Waals surface area (Å²) in [7, 11) is 1.55. The number of unbranched alkanes of at least 4 members (excludes halogenated alkanes) is 2. The van der Waals surface area contributed by atoms with Crippen LogP contribution in [0.4, 0.5) is 4.79 Å². The second-order valence-corrected chi connectivity index (χ2v) is 9.63. The predicted octanol–water partition coefficient (Wildman–Crippen LogP) is 6.65. The van der Waals surface area contributed by atoms with Crippen molar-refractivity contribution in [3.8, 4) is 17.2 Å². The van der Waals surface area contributed by atoms with Crippen LogP contribution in [0.15, 0.2) is 40.9 Å². The first-order valence-electron chi connectivity index (χ1n) is 12.1. The molecule has 1 N–H and O–H groups in total. The number of para-hydroxylation sites is 1. The van der Waals surface area contributed by atoms with E-state index < -0.39 is 17.7 Å². The number of carboxylic acid groups (broad SMARTS) is 1. The van der Waals surface area contributed by atoms with Crippen LogP contribution in [0.3, 0.4) is 0 Å². The number of rotatable bonds is 11. The van der Waals surface area contributed by atoms with Crippen LogP contribution in [-0.2, 0) is 4.79 Å². The second-order valence-electron chi connectivity index (χ2n) is 9.63. The van der Waals surface area contributed by atoms with Crippen molar-refractivity contribution >= 4 is 22.8 Å². The zero-order chi connectivity index (χ0) is 25.6. The van der Waals surface area contributed by atoms with Crippen molar-refractivity contribution < 1.29 is 23.8 Å². The molecule has 0 aliphatic rings. The molecular weight excluding hydrogens is 446 g/mol. The Morgan fingerprint density at radius 1 is 1.17 bits per heavy atom. The third-order valence-corrected chi connectivity index (χ3v) is 6.02. The maximum Gasteiger partial charge on any atom is 0.408 e. The summed E-state index contributed by atoms with van der Waals surface area (Å²) < 4.78 is 11.7. The summed E-state index contributed by atoms with van der Waals surface area (Å²) in [6.07, 6.45) is 4.57. The molecule has 1 atom stereocenters. The van der Waals surface area contributed by atoms with E-state index in [1.807, 2.05) is 58.0 Å². The quantitative estimate of drug-likeness (QED) is 0.306. The van der Waals surface area contributed by atoms with Crippen LogP contribution in [0.5, 0.6) is 5.88 Å². The molecule has 8 heteroatoms. The van der Waals surface area contributed by atoms with Crippen molar-refractivity contribution in [1.29, 1.82) is 0 Å². The number of pyridine rings is 1. The summed E-state index contributed by atoms with van der Waals surface area (Å²) in [4.78, 5) is 34.4. The zero-order valence-corrected chi connectivity index (χ0v) is 21.2. The summed E-state index contributed by atoms with van der Waals surface area (Å²) in [5.41, 5.74) is 0.794. The number of carbonyl (C=O) groups is 2. The highest BCUT2D eigenvalue weighted by Crippen LogP contribution is 2.37. The highest BCUT2D eigenvalue weighted by molar-refractivity contribution is 5.85. The second kappa shape index (κ2) is 11.3. The average Bonchev–Trinajstić information content (AvgIpc) is 3.30. The third kappa shape index (κ3) is 6.38. The van der Waals surface area contributed by atoms with Crippen LogP contribution in [-0.4, -0.2) is 44.5 Å². The van der Waals surface area contributed by atoms with Crippen LogP contribution in [0, 0.1) is 0 Å². The molecule has 0 bridgehead atoms. The lowest BCUT2D eigenvalue weighted by molar-refractivity contribution is -0.118. The number of nitrogens with zero attached hydrogens (tertiary/aromatic N) is 3. The number of fused-ring (bicyclic) bond motifs is 1. The van der Waals surface area contributed by atoms with Gasteiger partial charge in [-0.25, -0.2) is 14.8 Å². The van der Waals surface area contributed by atoms with E-state index in [9.17, 15) is 14.7 Å². The maximum absolute atomic E-state index is 12.3. The Labute approximate surface area is 206 Å². The minimum atomic E-state index is -1.03. The van der Waals surface area contributed by atoms with E-state index in [1.165, 1.54) is 4.90 Å². The Bertz CT molecular complexity index is 1170. The maximum atomic E-state index is 12.3. The topological polar surface area (TPSA) is 106 Å². The van der Waals surface area contributed by atoms with Gasteiger partial charge in [-0.1, -0.05) is 38.0 Å². The van der Waals surface area contributed by atoms with Crippen molar-refractivity contribution in [3.63, 3.8) is 0 Å². The monoisotopic (exact) mass is 481 g/mol. The largest absolute Gasteiger partial charge is 0.480 e. The number of ether oxygens (including phenoxy) is 1. The SMILES string of the molecule is CCC(=O)CCCCCC(c1ncc(-c2cc3ccccc3nc2OC)o1)N(C(=O)O)C(C)(C)C. The Morgan fingerprint density at radius 3 is 2.57 bits per heavy atom. The van der Waals surface area contributed by atoms with E-state index in [0.29, 0.717) is 42.4 Å². The van der Waals surface area contributed by atoms with E-state index in [2.05, 4.69) is 9.97 Å². The summed E-state index contributed by atoms with van der Waals surface area (Å²) in [6, 6.07) is 9.08. The van der Waals surface area contributed by atoms with E-state index >= 15 is 0 Å². The fourth-order valence-electron chi connectivity index (χ4n) is 4.26. The van der Waals surface area contributed by atoms with Crippen LogP contribution in [0.25, 0.3) is 22.2 Å². The first-order valence-corrected chi connectivity index (χ1v) is 12.1. The number of hydrogen-bond acceptors (Lipinski definition) is 6. The first-order chi connectivity index (χ1) is 16.7. The summed E-state index contributed by atoms with van der Waals surface area (Å²) >= 11 is 0. The van der Waals surface area contributed by atoms with Gasteiger partial charge in [-0.15, -0.1) is 0 Å². The van der Waals surface area contributed by atoms with Gasteiger partial charge in [0.15, 0.2) is 5.76 Å². The molecule has 3 rings (SSSR count). The zero-order valence-electron chi connectivity index (χ0n) is 21.2. The average molecular weight is 482 g/mol. The highest BCUT2D eigenvalue weighted by atomic mass is 16.5. The van der Waals surface area contributed by atoms with E-state index in [1.54, 1.807) is 13.3 Å². The fourth-order valence-corrected chi connectivity index (χ4v) is 4.26. The molecule has 3 aromatic rings. The molecule has 2 aromatic heterocycles. The lowest BCUT2D eigenvalue weighted by atomic mass is 9.99. The Kier molecular flexibility index (Phi) is 8.48. The number of oxazole rings is 1. The van der Waals surface area contributed by atoms with Gasteiger partial charge in [0.2, 0.25) is 11.8 Å². The number of amides is 1. The van der Waals surface area contributed by atoms with Crippen molar-refractivity contribution in [1.82, 2.24) is 14.9 Å².